The average Bonchev–Trinajstić information content (AvgIpc) is 2.74. The quantitative estimate of drug-likeness (QED) is 0.901. The van der Waals surface area contributed by atoms with Crippen LogP contribution in [-0.2, 0) is 4.74 Å². The maximum Gasteiger partial charge on any atom is 0.407 e. The van der Waals surface area contributed by atoms with E-state index < -0.39 is 6.09 Å². The van der Waals surface area contributed by atoms with Gasteiger partial charge < -0.3 is 19.5 Å². The zero-order chi connectivity index (χ0) is 11.5. The van der Waals surface area contributed by atoms with Crippen LogP contribution in [0.1, 0.15) is 11.6 Å². The summed E-state index contributed by atoms with van der Waals surface area (Å²) in [5.74, 6) is 1.35. The molecule has 0 saturated carbocycles. The third-order valence-corrected chi connectivity index (χ3v) is 2.49. The Morgan fingerprint density at radius 3 is 2.29 bits per heavy atom. The van der Waals surface area contributed by atoms with Crippen molar-refractivity contribution >= 4 is 18.5 Å². The number of alkyl carbamates (subject to hydrolysis) is 1. The van der Waals surface area contributed by atoms with E-state index in [-0.39, 0.29) is 25.1 Å². The number of nitrogens with one attached hydrogen (secondary N) is 1. The number of carbonyl (C=O) groups is 1. The van der Waals surface area contributed by atoms with E-state index in [4.69, 9.17) is 14.2 Å². The van der Waals surface area contributed by atoms with Gasteiger partial charge in [-0.1, -0.05) is 6.07 Å². The summed E-state index contributed by atoms with van der Waals surface area (Å²) in [7, 11) is 3.16. The van der Waals surface area contributed by atoms with Crippen LogP contribution in [0.4, 0.5) is 4.79 Å². The lowest BCUT2D eigenvalue weighted by atomic mass is 10.1. The lowest BCUT2D eigenvalue weighted by molar-refractivity contribution is 0.176. The maximum atomic E-state index is 11.0. The highest BCUT2D eigenvalue weighted by Gasteiger charge is 2.29. The van der Waals surface area contributed by atoms with E-state index >= 15 is 0 Å². The van der Waals surface area contributed by atoms with Gasteiger partial charge in [0.2, 0.25) is 0 Å². The Balaban J connectivity index is 0.00000144. The normalized spacial score (nSPS) is 17.8. The first-order chi connectivity index (χ1) is 7.76. The van der Waals surface area contributed by atoms with E-state index in [2.05, 4.69) is 5.32 Å². The number of cyclic esters (lactones) is 1. The van der Waals surface area contributed by atoms with Crippen LogP contribution in [0.3, 0.4) is 0 Å². The van der Waals surface area contributed by atoms with E-state index in [9.17, 15) is 4.79 Å². The summed E-state index contributed by atoms with van der Waals surface area (Å²) in [4.78, 5) is 11.0. The van der Waals surface area contributed by atoms with E-state index in [0.717, 1.165) is 5.56 Å². The number of carbonyl (C=O) groups excluding carboxylic acids is 1. The molecule has 17 heavy (non-hydrogen) atoms. The van der Waals surface area contributed by atoms with Gasteiger partial charge in [0.25, 0.3) is 0 Å². The lowest BCUT2D eigenvalue weighted by Crippen LogP contribution is -2.19. The second kappa shape index (κ2) is 5.63. The summed E-state index contributed by atoms with van der Waals surface area (Å²) in [6.07, 6.45) is -0.419. The molecule has 0 radical (unpaired) electrons. The molecule has 1 amide bonds. The van der Waals surface area contributed by atoms with Gasteiger partial charge in [0.05, 0.1) is 25.8 Å². The molecule has 0 aliphatic carbocycles. The number of hydrogen-bond donors (Lipinski definition) is 1. The van der Waals surface area contributed by atoms with Crippen molar-refractivity contribution in [1.29, 1.82) is 0 Å². The Bertz CT molecular complexity index is 388. The number of benzene rings is 1. The van der Waals surface area contributed by atoms with Crippen LogP contribution < -0.4 is 14.8 Å². The average molecular weight is 260 g/mol. The zero-order valence-electron chi connectivity index (χ0n) is 9.56. The highest BCUT2D eigenvalue weighted by Crippen LogP contribution is 2.35. The van der Waals surface area contributed by atoms with E-state index in [1.54, 1.807) is 14.2 Å². The second-order valence-corrected chi connectivity index (χ2v) is 3.37. The Kier molecular flexibility index (Phi) is 4.45. The van der Waals surface area contributed by atoms with Gasteiger partial charge in [-0.25, -0.2) is 4.79 Å². The smallest absolute Gasteiger partial charge is 0.407 e. The van der Waals surface area contributed by atoms with Crippen LogP contribution in [-0.4, -0.2) is 26.9 Å². The molecule has 1 aliphatic rings. The number of hydrogen-bond acceptors (Lipinski definition) is 4. The first-order valence-electron chi connectivity index (χ1n) is 4.90. The van der Waals surface area contributed by atoms with Crippen molar-refractivity contribution in [3.05, 3.63) is 23.8 Å². The molecule has 1 aromatic carbocycles. The fourth-order valence-corrected chi connectivity index (χ4v) is 1.76. The predicted octanol–water partition coefficient (Wildman–Crippen LogP) is 1.91. The first kappa shape index (κ1) is 13.4. The fourth-order valence-electron chi connectivity index (χ4n) is 1.76. The van der Waals surface area contributed by atoms with Crippen LogP contribution in [0, 0.1) is 0 Å². The van der Waals surface area contributed by atoms with Gasteiger partial charge >= 0.3 is 6.09 Å². The van der Waals surface area contributed by atoms with Crippen molar-refractivity contribution in [1.82, 2.24) is 5.32 Å². The zero-order valence-corrected chi connectivity index (χ0v) is 10.4. The molecular formula is C11H14ClNO4. The maximum absolute atomic E-state index is 11.0. The molecule has 1 aromatic rings. The highest BCUT2D eigenvalue weighted by atomic mass is 35.5. The number of ether oxygens (including phenoxy) is 3. The summed E-state index contributed by atoms with van der Waals surface area (Å²) in [5, 5.41) is 2.70. The Morgan fingerprint density at radius 1 is 1.29 bits per heavy atom. The van der Waals surface area contributed by atoms with Gasteiger partial charge in [0.15, 0.2) is 0 Å². The minimum atomic E-state index is -0.419. The number of amides is 1. The molecule has 2 rings (SSSR count). The van der Waals surface area contributed by atoms with Gasteiger partial charge in [-0.05, 0) is 12.1 Å². The van der Waals surface area contributed by atoms with Crippen LogP contribution >= 0.6 is 12.4 Å². The van der Waals surface area contributed by atoms with Gasteiger partial charge in [0, 0.05) is 0 Å². The largest absolute Gasteiger partial charge is 0.496 e. The third kappa shape index (κ3) is 2.55. The number of methoxy groups -OCH3 is 2. The van der Waals surface area contributed by atoms with Crippen molar-refractivity contribution < 1.29 is 19.0 Å². The molecule has 6 heteroatoms. The first-order valence-corrected chi connectivity index (χ1v) is 4.90. The molecule has 0 bridgehead atoms. The fraction of sp³-hybridized carbons (Fsp3) is 0.364. The molecule has 0 spiro atoms. The van der Waals surface area contributed by atoms with E-state index in [0.29, 0.717) is 11.5 Å². The van der Waals surface area contributed by atoms with Crippen molar-refractivity contribution in [3.63, 3.8) is 0 Å². The van der Waals surface area contributed by atoms with Crippen LogP contribution in [0.15, 0.2) is 18.2 Å². The van der Waals surface area contributed by atoms with Crippen molar-refractivity contribution in [2.75, 3.05) is 20.8 Å². The molecule has 94 valence electrons. The highest BCUT2D eigenvalue weighted by molar-refractivity contribution is 5.85. The van der Waals surface area contributed by atoms with Gasteiger partial charge in [-0.2, -0.15) is 0 Å². The molecule has 1 N–H and O–H groups in total. The molecule has 0 unspecified atom stereocenters. The predicted molar refractivity (Wildman–Crippen MR) is 64.0 cm³/mol. The second-order valence-electron chi connectivity index (χ2n) is 3.37. The van der Waals surface area contributed by atoms with E-state index in [1.165, 1.54) is 0 Å². The van der Waals surface area contributed by atoms with Gasteiger partial charge in [-0.15, -0.1) is 12.4 Å². The summed E-state index contributed by atoms with van der Waals surface area (Å²) < 4.78 is 15.4. The van der Waals surface area contributed by atoms with Crippen LogP contribution in [0.25, 0.3) is 0 Å². The van der Waals surface area contributed by atoms with E-state index in [1.807, 2.05) is 18.2 Å². The monoisotopic (exact) mass is 259 g/mol. The molecule has 1 heterocycles. The third-order valence-electron chi connectivity index (χ3n) is 2.49. The van der Waals surface area contributed by atoms with Gasteiger partial charge in [-0.3, -0.25) is 0 Å². The Labute approximate surface area is 105 Å². The van der Waals surface area contributed by atoms with Crippen molar-refractivity contribution in [2.45, 2.75) is 6.04 Å². The summed E-state index contributed by atoms with van der Waals surface area (Å²) in [6.45, 7) is 0.287. The van der Waals surface area contributed by atoms with Gasteiger partial charge in [0.1, 0.15) is 18.1 Å². The minimum absolute atomic E-state index is 0. The summed E-state index contributed by atoms with van der Waals surface area (Å²) >= 11 is 0. The summed E-state index contributed by atoms with van der Waals surface area (Å²) in [6, 6.07) is 5.25. The standard InChI is InChI=1S/C11H13NO4.ClH/c1-14-8-4-3-5-9(15-2)10(8)7-6-16-11(13)12-7;/h3-5,7H,6H2,1-2H3,(H,12,13);1H/t7-;/m1./s1. The number of halogens is 1. The van der Waals surface area contributed by atoms with Crippen LogP contribution in [0.5, 0.6) is 11.5 Å². The number of rotatable bonds is 3. The SMILES string of the molecule is COc1cccc(OC)c1[C@H]1COC(=O)N1.Cl. The Hall–Kier alpha value is -1.62. The molecule has 5 nitrogen and oxygen atoms in total. The molecule has 1 fully saturated rings. The van der Waals surface area contributed by atoms with Crippen LogP contribution in [0.2, 0.25) is 0 Å². The molecule has 0 aromatic heterocycles. The summed E-state index contributed by atoms with van der Waals surface area (Å²) in [5.41, 5.74) is 0.804. The topological polar surface area (TPSA) is 56.8 Å². The van der Waals surface area contributed by atoms with Crippen molar-refractivity contribution in [2.24, 2.45) is 0 Å². The molecule has 1 aliphatic heterocycles. The Morgan fingerprint density at radius 2 is 1.88 bits per heavy atom. The molecule has 1 saturated heterocycles. The molecule has 1 atom stereocenters. The molecular weight excluding hydrogens is 246 g/mol. The minimum Gasteiger partial charge on any atom is -0.496 e. The lowest BCUT2D eigenvalue weighted by Gasteiger charge is -2.16. The van der Waals surface area contributed by atoms with Crippen molar-refractivity contribution in [3.8, 4) is 11.5 Å².